The topological polar surface area (TPSA) is 40.8 Å². The van der Waals surface area contributed by atoms with E-state index in [1.54, 1.807) is 6.21 Å². The van der Waals surface area contributed by atoms with Crippen molar-refractivity contribution in [3.05, 3.63) is 48.2 Å². The number of nitrogens with zero attached hydrogens (tertiary/aromatic N) is 2. The van der Waals surface area contributed by atoms with Crippen LogP contribution in [-0.4, -0.2) is 19.3 Å². The van der Waals surface area contributed by atoms with Crippen LogP contribution in [0.5, 0.6) is 0 Å². The molecule has 4 heteroatoms. The Hall–Kier alpha value is -2.23. The van der Waals surface area contributed by atoms with Crippen LogP contribution < -0.4 is 10.3 Å². The minimum absolute atomic E-state index is 0.769. The van der Waals surface area contributed by atoms with Crippen LogP contribution in [0.4, 0.5) is 11.6 Å². The Morgan fingerprint density at radius 1 is 1.05 bits per heavy atom. The lowest BCUT2D eigenvalue weighted by Crippen LogP contribution is -2.16. The molecule has 0 radical (unpaired) electrons. The summed E-state index contributed by atoms with van der Waals surface area (Å²) in [6.07, 6.45) is 4.20. The van der Waals surface area contributed by atoms with Gasteiger partial charge in [-0.2, -0.15) is 5.10 Å². The number of nitrogens with one attached hydrogen (secondary N) is 1. The van der Waals surface area contributed by atoms with Crippen molar-refractivity contribution in [3.8, 4) is 0 Å². The molecule has 0 unspecified atom stereocenters. The van der Waals surface area contributed by atoms with E-state index in [9.17, 15) is 0 Å². The van der Waals surface area contributed by atoms with Gasteiger partial charge in [0.2, 0.25) is 0 Å². The second kappa shape index (κ2) is 5.61. The van der Waals surface area contributed by atoms with Crippen molar-refractivity contribution < 1.29 is 4.42 Å². The van der Waals surface area contributed by atoms with Gasteiger partial charge in [0.15, 0.2) is 5.88 Å². The number of para-hydroxylation sites is 1. The predicted octanol–water partition coefficient (Wildman–Crippen LogP) is 3.33. The van der Waals surface area contributed by atoms with Gasteiger partial charge in [0.05, 0.1) is 11.9 Å². The van der Waals surface area contributed by atoms with Crippen LogP contribution in [0, 0.1) is 0 Å². The molecule has 19 heavy (non-hydrogen) atoms. The molecule has 4 nitrogen and oxygen atoms in total. The summed E-state index contributed by atoms with van der Waals surface area (Å²) in [4.78, 5) is 2.27. The monoisotopic (exact) mass is 255 g/mol. The lowest BCUT2D eigenvalue weighted by Gasteiger charge is -2.12. The molecule has 0 amide bonds. The molecular weight excluding hydrogens is 238 g/mol. The average Bonchev–Trinajstić information content (AvgIpc) is 3.10. The Kier molecular flexibility index (Phi) is 3.49. The Labute approximate surface area is 112 Å². The van der Waals surface area contributed by atoms with Crippen molar-refractivity contribution in [1.82, 2.24) is 0 Å². The largest absolute Gasteiger partial charge is 0.440 e. The molecule has 1 fully saturated rings. The highest BCUT2D eigenvalue weighted by Crippen LogP contribution is 2.22. The van der Waals surface area contributed by atoms with Gasteiger partial charge in [-0.05, 0) is 31.0 Å². The van der Waals surface area contributed by atoms with Crippen LogP contribution in [-0.2, 0) is 0 Å². The Balaban J connectivity index is 1.60. The molecule has 2 heterocycles. The maximum Gasteiger partial charge on any atom is 0.196 e. The number of furan rings is 1. The van der Waals surface area contributed by atoms with Crippen LogP contribution in [0.3, 0.4) is 0 Å². The molecule has 1 N–H and O–H groups in total. The van der Waals surface area contributed by atoms with Gasteiger partial charge in [-0.3, -0.25) is 5.43 Å². The smallest absolute Gasteiger partial charge is 0.196 e. The molecular formula is C15H17N3O. The molecule has 0 saturated carbocycles. The van der Waals surface area contributed by atoms with Crippen LogP contribution in [0.2, 0.25) is 0 Å². The third kappa shape index (κ3) is 2.96. The molecule has 0 bridgehead atoms. The maximum atomic E-state index is 5.74. The lowest BCUT2D eigenvalue weighted by atomic mass is 10.3. The van der Waals surface area contributed by atoms with Gasteiger partial charge in [0.1, 0.15) is 5.76 Å². The minimum Gasteiger partial charge on any atom is -0.440 e. The van der Waals surface area contributed by atoms with Crippen molar-refractivity contribution in [2.75, 3.05) is 23.4 Å². The van der Waals surface area contributed by atoms with Crippen molar-refractivity contribution in [3.63, 3.8) is 0 Å². The van der Waals surface area contributed by atoms with E-state index < -0.39 is 0 Å². The quantitative estimate of drug-likeness (QED) is 0.673. The first-order chi connectivity index (χ1) is 9.42. The zero-order valence-corrected chi connectivity index (χ0v) is 10.7. The Bertz CT molecular complexity index is 542. The van der Waals surface area contributed by atoms with Crippen LogP contribution in [0.15, 0.2) is 52.0 Å². The number of hydrogen-bond donors (Lipinski definition) is 1. The summed E-state index contributed by atoms with van der Waals surface area (Å²) in [7, 11) is 0. The van der Waals surface area contributed by atoms with Gasteiger partial charge in [0, 0.05) is 19.2 Å². The van der Waals surface area contributed by atoms with Crippen LogP contribution in [0.1, 0.15) is 18.6 Å². The summed E-state index contributed by atoms with van der Waals surface area (Å²) in [6, 6.07) is 13.8. The second-order valence-corrected chi connectivity index (χ2v) is 4.61. The molecule has 1 aromatic carbocycles. The number of anilines is 2. The number of benzene rings is 1. The molecule has 1 aliphatic rings. The van der Waals surface area contributed by atoms with E-state index in [0.29, 0.717) is 0 Å². The number of hydrazone groups is 1. The number of hydrogen-bond acceptors (Lipinski definition) is 4. The van der Waals surface area contributed by atoms with Gasteiger partial charge in [-0.15, -0.1) is 0 Å². The average molecular weight is 255 g/mol. The van der Waals surface area contributed by atoms with E-state index in [1.165, 1.54) is 12.8 Å². The van der Waals surface area contributed by atoms with Crippen molar-refractivity contribution in [2.45, 2.75) is 12.8 Å². The van der Waals surface area contributed by atoms with E-state index in [2.05, 4.69) is 15.4 Å². The Morgan fingerprint density at radius 2 is 1.84 bits per heavy atom. The normalized spacial score (nSPS) is 15.3. The first-order valence-electron chi connectivity index (χ1n) is 6.61. The SMILES string of the molecule is C(=N/Nc1ccccc1)/c1ccc(N2CCCC2)o1. The van der Waals surface area contributed by atoms with E-state index in [0.717, 1.165) is 30.4 Å². The third-order valence-electron chi connectivity index (χ3n) is 3.19. The molecule has 3 rings (SSSR count). The maximum absolute atomic E-state index is 5.74. The molecule has 1 aliphatic heterocycles. The highest BCUT2D eigenvalue weighted by Gasteiger charge is 2.14. The molecule has 2 aromatic rings. The van der Waals surface area contributed by atoms with Crippen molar-refractivity contribution >= 4 is 17.8 Å². The van der Waals surface area contributed by atoms with E-state index in [-0.39, 0.29) is 0 Å². The number of rotatable bonds is 4. The summed E-state index contributed by atoms with van der Waals surface area (Å²) >= 11 is 0. The summed E-state index contributed by atoms with van der Waals surface area (Å²) < 4.78 is 5.74. The lowest BCUT2D eigenvalue weighted by molar-refractivity contribution is 0.550. The molecule has 0 atom stereocenters. The fourth-order valence-electron chi connectivity index (χ4n) is 2.20. The molecule has 0 aliphatic carbocycles. The van der Waals surface area contributed by atoms with Gasteiger partial charge < -0.3 is 9.32 Å². The van der Waals surface area contributed by atoms with Crippen LogP contribution >= 0.6 is 0 Å². The Morgan fingerprint density at radius 3 is 2.63 bits per heavy atom. The van der Waals surface area contributed by atoms with Gasteiger partial charge in [-0.1, -0.05) is 18.2 Å². The zero-order chi connectivity index (χ0) is 12.9. The van der Waals surface area contributed by atoms with Crippen molar-refractivity contribution in [1.29, 1.82) is 0 Å². The summed E-state index contributed by atoms with van der Waals surface area (Å²) in [5.74, 6) is 1.71. The van der Waals surface area contributed by atoms with Gasteiger partial charge in [-0.25, -0.2) is 0 Å². The standard InChI is InChI=1S/C15H17N3O/c1-2-6-13(7-3-1)17-16-12-14-8-9-15(19-14)18-10-4-5-11-18/h1-3,6-9,12,17H,4-5,10-11H2/b16-12-. The summed E-state index contributed by atoms with van der Waals surface area (Å²) in [6.45, 7) is 2.18. The summed E-state index contributed by atoms with van der Waals surface area (Å²) in [5, 5.41) is 4.16. The highest BCUT2D eigenvalue weighted by atomic mass is 16.4. The van der Waals surface area contributed by atoms with Gasteiger partial charge >= 0.3 is 0 Å². The van der Waals surface area contributed by atoms with E-state index >= 15 is 0 Å². The fourth-order valence-corrected chi connectivity index (χ4v) is 2.20. The van der Waals surface area contributed by atoms with E-state index in [4.69, 9.17) is 4.42 Å². The molecule has 1 saturated heterocycles. The van der Waals surface area contributed by atoms with Crippen molar-refractivity contribution in [2.24, 2.45) is 5.10 Å². The van der Waals surface area contributed by atoms with Gasteiger partial charge in [0.25, 0.3) is 0 Å². The second-order valence-electron chi connectivity index (χ2n) is 4.61. The minimum atomic E-state index is 0.769. The molecule has 1 aromatic heterocycles. The third-order valence-corrected chi connectivity index (χ3v) is 3.19. The first kappa shape index (κ1) is 11.8. The summed E-state index contributed by atoms with van der Waals surface area (Å²) in [5.41, 5.74) is 3.93. The fraction of sp³-hybridized carbons (Fsp3) is 0.267. The highest BCUT2D eigenvalue weighted by molar-refractivity contribution is 5.77. The predicted molar refractivity (Wildman–Crippen MR) is 77.8 cm³/mol. The zero-order valence-electron chi connectivity index (χ0n) is 10.7. The first-order valence-corrected chi connectivity index (χ1v) is 6.61. The molecule has 98 valence electrons. The van der Waals surface area contributed by atoms with Crippen LogP contribution in [0.25, 0.3) is 0 Å². The van der Waals surface area contributed by atoms with E-state index in [1.807, 2.05) is 42.5 Å². The molecule has 0 spiro atoms.